The molecule has 5 nitrogen and oxygen atoms in total. The average Bonchev–Trinajstić information content (AvgIpc) is 2.61. The van der Waals surface area contributed by atoms with Crippen LogP contribution in [0.25, 0.3) is 0 Å². The molecular weight excluding hydrogens is 413 g/mol. The van der Waals surface area contributed by atoms with E-state index in [2.05, 4.69) is 5.32 Å². The minimum absolute atomic E-state index is 0.205. The number of benzene rings is 2. The van der Waals surface area contributed by atoms with E-state index in [0.29, 0.717) is 28.8 Å². The van der Waals surface area contributed by atoms with Gasteiger partial charge in [0.2, 0.25) is 0 Å². The standard InChI is InChI=1S/C22H27Cl2NO4/c1-22(2,3)29-21(26)25-16(13-27-4)12-15-8-10-17(11-9-15)28-14-18-19(23)6-5-7-20(18)24/h5-11,16H,12-14H2,1-4H3,(H,25,26). The van der Waals surface area contributed by atoms with Crippen molar-refractivity contribution in [2.75, 3.05) is 13.7 Å². The first-order valence-electron chi connectivity index (χ1n) is 9.31. The first-order chi connectivity index (χ1) is 13.7. The molecule has 1 amide bonds. The van der Waals surface area contributed by atoms with Crippen molar-refractivity contribution < 1.29 is 19.0 Å². The zero-order valence-electron chi connectivity index (χ0n) is 17.1. The van der Waals surface area contributed by atoms with E-state index < -0.39 is 11.7 Å². The topological polar surface area (TPSA) is 56.8 Å². The summed E-state index contributed by atoms with van der Waals surface area (Å²) in [7, 11) is 1.60. The number of halogens is 2. The molecular formula is C22H27Cl2NO4. The predicted octanol–water partition coefficient (Wildman–Crippen LogP) is 5.65. The molecule has 1 unspecified atom stereocenters. The van der Waals surface area contributed by atoms with Gasteiger partial charge in [-0.05, 0) is 57.0 Å². The van der Waals surface area contributed by atoms with Gasteiger partial charge >= 0.3 is 6.09 Å². The molecule has 2 aromatic carbocycles. The Morgan fingerprint density at radius 3 is 2.24 bits per heavy atom. The van der Waals surface area contributed by atoms with Gasteiger partial charge in [0.15, 0.2) is 0 Å². The number of hydrogen-bond donors (Lipinski definition) is 1. The lowest BCUT2D eigenvalue weighted by Gasteiger charge is -2.23. The molecule has 29 heavy (non-hydrogen) atoms. The lowest BCUT2D eigenvalue weighted by Crippen LogP contribution is -2.42. The monoisotopic (exact) mass is 439 g/mol. The Morgan fingerprint density at radius 1 is 1.07 bits per heavy atom. The largest absolute Gasteiger partial charge is 0.489 e. The Labute approximate surface area is 182 Å². The van der Waals surface area contributed by atoms with Gasteiger partial charge in [-0.25, -0.2) is 4.79 Å². The zero-order chi connectivity index (χ0) is 21.4. The molecule has 0 saturated heterocycles. The number of nitrogens with one attached hydrogen (secondary N) is 1. The van der Waals surface area contributed by atoms with Crippen molar-refractivity contribution in [1.82, 2.24) is 5.32 Å². The number of hydrogen-bond acceptors (Lipinski definition) is 4. The Morgan fingerprint density at radius 2 is 1.69 bits per heavy atom. The molecule has 1 N–H and O–H groups in total. The van der Waals surface area contributed by atoms with Crippen molar-refractivity contribution in [3.05, 3.63) is 63.6 Å². The molecule has 0 saturated carbocycles. The number of ether oxygens (including phenoxy) is 3. The third-order valence-electron chi connectivity index (χ3n) is 3.94. The molecule has 2 rings (SSSR count). The summed E-state index contributed by atoms with van der Waals surface area (Å²) in [6, 6.07) is 12.8. The molecule has 1 atom stereocenters. The number of carbonyl (C=O) groups excluding carboxylic acids is 1. The molecule has 2 aromatic rings. The van der Waals surface area contributed by atoms with Gasteiger partial charge in [-0.3, -0.25) is 0 Å². The van der Waals surface area contributed by atoms with Crippen LogP contribution >= 0.6 is 23.2 Å². The van der Waals surface area contributed by atoms with Crippen LogP contribution in [0.15, 0.2) is 42.5 Å². The van der Waals surface area contributed by atoms with Gasteiger partial charge in [0, 0.05) is 22.7 Å². The highest BCUT2D eigenvalue weighted by molar-refractivity contribution is 6.35. The summed E-state index contributed by atoms with van der Waals surface area (Å²) in [5.41, 5.74) is 1.23. The van der Waals surface area contributed by atoms with E-state index in [4.69, 9.17) is 37.4 Å². The molecule has 0 aliphatic rings. The summed E-state index contributed by atoms with van der Waals surface area (Å²) in [5.74, 6) is 0.702. The molecule has 7 heteroatoms. The predicted molar refractivity (Wildman–Crippen MR) is 116 cm³/mol. The SMILES string of the molecule is COCC(Cc1ccc(OCc2c(Cl)cccc2Cl)cc1)NC(=O)OC(C)(C)C. The molecule has 0 aliphatic heterocycles. The van der Waals surface area contributed by atoms with Gasteiger partial charge in [0.05, 0.1) is 12.6 Å². The third kappa shape index (κ3) is 8.13. The van der Waals surface area contributed by atoms with E-state index in [-0.39, 0.29) is 12.6 Å². The van der Waals surface area contributed by atoms with Gasteiger partial charge in [0.25, 0.3) is 0 Å². The second-order valence-electron chi connectivity index (χ2n) is 7.64. The maximum atomic E-state index is 12.0. The highest BCUT2D eigenvalue weighted by Crippen LogP contribution is 2.26. The Bertz CT molecular complexity index is 783. The van der Waals surface area contributed by atoms with E-state index in [0.717, 1.165) is 11.1 Å². The highest BCUT2D eigenvalue weighted by Gasteiger charge is 2.20. The maximum absolute atomic E-state index is 12.0. The maximum Gasteiger partial charge on any atom is 0.407 e. The molecule has 0 aliphatic carbocycles. The molecule has 0 radical (unpaired) electrons. The van der Waals surface area contributed by atoms with Crippen molar-refractivity contribution in [1.29, 1.82) is 0 Å². The number of alkyl carbamates (subject to hydrolysis) is 1. The van der Waals surface area contributed by atoms with Crippen molar-refractivity contribution >= 4 is 29.3 Å². The molecule has 0 bridgehead atoms. The van der Waals surface area contributed by atoms with Crippen molar-refractivity contribution in [3.8, 4) is 5.75 Å². The zero-order valence-corrected chi connectivity index (χ0v) is 18.6. The second-order valence-corrected chi connectivity index (χ2v) is 8.45. The quantitative estimate of drug-likeness (QED) is 0.576. The Kier molecular flexibility index (Phi) is 8.62. The number of methoxy groups -OCH3 is 1. The third-order valence-corrected chi connectivity index (χ3v) is 4.65. The Hall–Kier alpha value is -1.95. The Balaban J connectivity index is 1.94. The van der Waals surface area contributed by atoms with Gasteiger partial charge in [-0.1, -0.05) is 41.4 Å². The van der Waals surface area contributed by atoms with E-state index in [1.165, 1.54) is 0 Å². The van der Waals surface area contributed by atoms with Gasteiger partial charge in [-0.15, -0.1) is 0 Å². The number of amides is 1. The van der Waals surface area contributed by atoms with Crippen molar-refractivity contribution in [3.63, 3.8) is 0 Å². The fraction of sp³-hybridized carbons (Fsp3) is 0.409. The van der Waals surface area contributed by atoms with Crippen LogP contribution in [0, 0.1) is 0 Å². The number of carbonyl (C=O) groups is 1. The summed E-state index contributed by atoms with van der Waals surface area (Å²) < 4.78 is 16.3. The van der Waals surface area contributed by atoms with Crippen LogP contribution in [-0.4, -0.2) is 31.5 Å². The van der Waals surface area contributed by atoms with E-state index in [1.807, 2.05) is 45.0 Å². The van der Waals surface area contributed by atoms with E-state index >= 15 is 0 Å². The highest BCUT2D eigenvalue weighted by atomic mass is 35.5. The molecule has 0 aromatic heterocycles. The van der Waals surface area contributed by atoms with E-state index in [9.17, 15) is 4.79 Å². The van der Waals surface area contributed by atoms with E-state index in [1.54, 1.807) is 25.3 Å². The summed E-state index contributed by atoms with van der Waals surface area (Å²) in [5, 5.41) is 4.00. The van der Waals surface area contributed by atoms with Gasteiger partial charge in [-0.2, -0.15) is 0 Å². The van der Waals surface area contributed by atoms with Crippen LogP contribution < -0.4 is 10.1 Å². The summed E-state index contributed by atoms with van der Waals surface area (Å²) in [6.07, 6.45) is 0.139. The van der Waals surface area contributed by atoms with Gasteiger partial charge in [0.1, 0.15) is 18.0 Å². The summed E-state index contributed by atoms with van der Waals surface area (Å²) in [4.78, 5) is 12.0. The van der Waals surface area contributed by atoms with Crippen LogP contribution in [0.2, 0.25) is 10.0 Å². The molecule has 158 valence electrons. The molecule has 0 heterocycles. The first kappa shape index (κ1) is 23.3. The van der Waals surface area contributed by atoms with Crippen LogP contribution in [0.3, 0.4) is 0 Å². The van der Waals surface area contributed by atoms with Crippen molar-refractivity contribution in [2.24, 2.45) is 0 Å². The van der Waals surface area contributed by atoms with Crippen LogP contribution in [0.1, 0.15) is 31.9 Å². The van der Waals surface area contributed by atoms with Crippen LogP contribution in [0.4, 0.5) is 4.79 Å². The minimum atomic E-state index is -0.550. The smallest absolute Gasteiger partial charge is 0.407 e. The fourth-order valence-electron chi connectivity index (χ4n) is 2.66. The van der Waals surface area contributed by atoms with Crippen LogP contribution in [0.5, 0.6) is 5.75 Å². The first-order valence-corrected chi connectivity index (χ1v) is 10.1. The van der Waals surface area contributed by atoms with Crippen molar-refractivity contribution in [2.45, 2.75) is 45.4 Å². The lowest BCUT2D eigenvalue weighted by molar-refractivity contribution is 0.0469. The fourth-order valence-corrected chi connectivity index (χ4v) is 3.17. The average molecular weight is 440 g/mol. The minimum Gasteiger partial charge on any atom is -0.489 e. The molecule has 0 fully saturated rings. The van der Waals surface area contributed by atoms with Crippen LogP contribution in [-0.2, 0) is 22.5 Å². The summed E-state index contributed by atoms with van der Waals surface area (Å²) >= 11 is 12.3. The number of rotatable bonds is 8. The normalized spacial score (nSPS) is 12.3. The second kappa shape index (κ2) is 10.7. The lowest BCUT2D eigenvalue weighted by atomic mass is 10.1. The summed E-state index contributed by atoms with van der Waals surface area (Å²) in [6.45, 7) is 6.14. The van der Waals surface area contributed by atoms with Gasteiger partial charge < -0.3 is 19.5 Å². The molecule has 0 spiro atoms.